The van der Waals surface area contributed by atoms with Crippen LogP contribution < -0.4 is 0 Å². The highest BCUT2D eigenvalue weighted by Gasteiger charge is 2.43. The maximum Gasteiger partial charge on any atom is 0.0547 e. The SMILES string of the molecule is c1ccc(-c2cccc(-n3c4ccccc4c4ccc(-c5ccc6c(c5)sc5cc7c(cc56)C5(CCCCC5)c5ccccc5-7)cc43)c2)cc1. The maximum atomic E-state index is 2.59. The molecule has 2 aromatic heterocycles. The fraction of sp³-hybridized carbons (Fsp3) is 0.125. The van der Waals surface area contributed by atoms with Crippen LogP contribution in [0.5, 0.6) is 0 Å². The first-order valence-electron chi connectivity index (χ1n) is 18.1. The van der Waals surface area contributed by atoms with Gasteiger partial charge in [-0.1, -0.05) is 128 Å². The van der Waals surface area contributed by atoms with Gasteiger partial charge in [-0.05, 0) is 99.8 Å². The first-order chi connectivity index (χ1) is 24.7. The Labute approximate surface area is 296 Å². The van der Waals surface area contributed by atoms with Crippen molar-refractivity contribution in [3.8, 4) is 39.1 Å². The number of para-hydroxylation sites is 1. The van der Waals surface area contributed by atoms with E-state index in [-0.39, 0.29) is 5.41 Å². The Morgan fingerprint density at radius 2 is 1.12 bits per heavy atom. The van der Waals surface area contributed by atoms with Crippen LogP contribution in [0.25, 0.3) is 81.0 Å². The molecule has 0 amide bonds. The van der Waals surface area contributed by atoms with Crippen molar-refractivity contribution in [1.82, 2.24) is 4.57 Å². The van der Waals surface area contributed by atoms with E-state index < -0.39 is 0 Å². The summed E-state index contributed by atoms with van der Waals surface area (Å²) in [6.45, 7) is 0. The molecule has 2 heterocycles. The fourth-order valence-electron chi connectivity index (χ4n) is 9.48. The van der Waals surface area contributed by atoms with Gasteiger partial charge in [-0.2, -0.15) is 0 Å². The van der Waals surface area contributed by atoms with Crippen molar-refractivity contribution in [1.29, 1.82) is 0 Å². The van der Waals surface area contributed by atoms with E-state index in [1.807, 2.05) is 11.3 Å². The van der Waals surface area contributed by atoms with Crippen LogP contribution in [-0.4, -0.2) is 4.57 Å². The van der Waals surface area contributed by atoms with Crippen LogP contribution in [0.2, 0.25) is 0 Å². The van der Waals surface area contributed by atoms with Gasteiger partial charge in [0.05, 0.1) is 11.0 Å². The number of thiophene rings is 1. The van der Waals surface area contributed by atoms with Gasteiger partial charge < -0.3 is 4.57 Å². The van der Waals surface area contributed by atoms with Crippen LogP contribution in [0.1, 0.15) is 43.2 Å². The maximum absolute atomic E-state index is 2.59. The third-order valence-corrected chi connectivity index (χ3v) is 12.9. The number of rotatable bonds is 3. The highest BCUT2D eigenvalue weighted by atomic mass is 32.1. The van der Waals surface area contributed by atoms with Crippen molar-refractivity contribution in [3.05, 3.63) is 163 Å². The summed E-state index contributed by atoms with van der Waals surface area (Å²) >= 11 is 1.95. The summed E-state index contributed by atoms with van der Waals surface area (Å²) in [5, 5.41) is 5.36. The lowest BCUT2D eigenvalue weighted by Crippen LogP contribution is -2.27. The Hall–Kier alpha value is -5.44. The normalized spacial score (nSPS) is 15.0. The van der Waals surface area contributed by atoms with Gasteiger partial charge in [-0.3, -0.25) is 0 Å². The number of hydrogen-bond donors (Lipinski definition) is 0. The van der Waals surface area contributed by atoms with Gasteiger partial charge in [-0.15, -0.1) is 11.3 Å². The molecule has 11 rings (SSSR count). The van der Waals surface area contributed by atoms with Crippen molar-refractivity contribution in [2.45, 2.75) is 37.5 Å². The summed E-state index contributed by atoms with van der Waals surface area (Å²) in [5.41, 5.74) is 14.9. The summed E-state index contributed by atoms with van der Waals surface area (Å²) < 4.78 is 5.20. The van der Waals surface area contributed by atoms with E-state index in [9.17, 15) is 0 Å². The van der Waals surface area contributed by atoms with E-state index in [1.54, 1.807) is 11.1 Å². The molecule has 1 fully saturated rings. The van der Waals surface area contributed by atoms with Crippen molar-refractivity contribution in [2.75, 3.05) is 0 Å². The Morgan fingerprint density at radius 1 is 0.420 bits per heavy atom. The van der Waals surface area contributed by atoms with E-state index in [2.05, 4.69) is 156 Å². The molecule has 1 spiro atoms. The minimum absolute atomic E-state index is 0.182. The second-order valence-electron chi connectivity index (χ2n) is 14.4. The van der Waals surface area contributed by atoms with E-state index >= 15 is 0 Å². The second-order valence-corrected chi connectivity index (χ2v) is 15.5. The molecule has 0 unspecified atom stereocenters. The lowest BCUT2D eigenvalue weighted by atomic mass is 9.68. The van der Waals surface area contributed by atoms with Crippen LogP contribution in [0.15, 0.2) is 152 Å². The first kappa shape index (κ1) is 28.4. The molecule has 9 aromatic rings. The van der Waals surface area contributed by atoms with Gasteiger partial charge in [0.15, 0.2) is 0 Å². The van der Waals surface area contributed by atoms with E-state index in [0.29, 0.717) is 0 Å². The molecule has 0 N–H and O–H groups in total. The van der Waals surface area contributed by atoms with Gasteiger partial charge in [0, 0.05) is 42.0 Å². The van der Waals surface area contributed by atoms with Gasteiger partial charge in [0.25, 0.3) is 0 Å². The fourth-order valence-corrected chi connectivity index (χ4v) is 10.6. The highest BCUT2D eigenvalue weighted by molar-refractivity contribution is 7.25. The Balaban J connectivity index is 1.06. The molecule has 0 radical (unpaired) electrons. The van der Waals surface area contributed by atoms with E-state index in [1.165, 1.54) is 113 Å². The molecule has 0 aliphatic heterocycles. The van der Waals surface area contributed by atoms with Crippen molar-refractivity contribution in [3.63, 3.8) is 0 Å². The number of fused-ring (bicyclic) bond motifs is 11. The molecular weight excluding hydrogens is 623 g/mol. The van der Waals surface area contributed by atoms with Crippen molar-refractivity contribution >= 4 is 53.3 Å². The van der Waals surface area contributed by atoms with Gasteiger partial charge in [-0.25, -0.2) is 0 Å². The molecule has 238 valence electrons. The number of aromatic nitrogens is 1. The minimum Gasteiger partial charge on any atom is -0.309 e. The Morgan fingerprint density at radius 3 is 2.02 bits per heavy atom. The summed E-state index contributed by atoms with van der Waals surface area (Å²) in [4.78, 5) is 0. The zero-order valence-electron chi connectivity index (χ0n) is 27.8. The van der Waals surface area contributed by atoms with Crippen molar-refractivity contribution < 1.29 is 0 Å². The summed E-state index contributed by atoms with van der Waals surface area (Å²) in [6, 6.07) is 57.0. The minimum atomic E-state index is 0.182. The third-order valence-electron chi connectivity index (χ3n) is 11.8. The van der Waals surface area contributed by atoms with Crippen LogP contribution >= 0.6 is 11.3 Å². The summed E-state index contributed by atoms with van der Waals surface area (Å²) in [6.07, 6.45) is 6.54. The van der Waals surface area contributed by atoms with Crippen LogP contribution in [0, 0.1) is 0 Å². The smallest absolute Gasteiger partial charge is 0.0547 e. The van der Waals surface area contributed by atoms with E-state index in [0.717, 1.165) is 0 Å². The summed E-state index contributed by atoms with van der Waals surface area (Å²) in [7, 11) is 0. The average Bonchev–Trinajstić information content (AvgIpc) is 3.80. The van der Waals surface area contributed by atoms with Gasteiger partial charge >= 0.3 is 0 Å². The Kier molecular flexibility index (Phi) is 6.12. The quantitative estimate of drug-likeness (QED) is 0.178. The average molecular weight is 658 g/mol. The largest absolute Gasteiger partial charge is 0.309 e. The van der Waals surface area contributed by atoms with Crippen LogP contribution in [0.3, 0.4) is 0 Å². The molecule has 2 aliphatic rings. The molecule has 50 heavy (non-hydrogen) atoms. The molecule has 2 heteroatoms. The van der Waals surface area contributed by atoms with Gasteiger partial charge in [0.1, 0.15) is 0 Å². The zero-order chi connectivity index (χ0) is 32.8. The third kappa shape index (κ3) is 4.06. The topological polar surface area (TPSA) is 4.93 Å². The monoisotopic (exact) mass is 657 g/mol. The molecule has 0 saturated heterocycles. The predicted molar refractivity (Wildman–Crippen MR) is 214 cm³/mol. The predicted octanol–water partition coefficient (Wildman–Crippen LogP) is 13.7. The highest BCUT2D eigenvalue weighted by Crippen LogP contribution is 2.57. The van der Waals surface area contributed by atoms with Gasteiger partial charge in [0.2, 0.25) is 0 Å². The van der Waals surface area contributed by atoms with E-state index in [4.69, 9.17) is 0 Å². The van der Waals surface area contributed by atoms with Crippen LogP contribution in [-0.2, 0) is 5.41 Å². The standard InChI is InChI=1S/C48H35NS/c1-3-12-31(13-4-1)32-14-11-15-35(26-32)49-44-19-8-6-17-37(44)38-22-20-33(27-45(38)49)34-21-23-39-41-29-43-40(30-47(41)50-46(39)28-34)36-16-5-7-18-42(36)48(43)24-9-2-10-25-48/h1,3-8,11-23,26-30H,2,9-10,24-25H2. The number of hydrogen-bond acceptors (Lipinski definition) is 1. The Bertz CT molecular complexity index is 2790. The molecule has 1 nitrogen and oxygen atoms in total. The number of benzene rings is 7. The molecule has 0 atom stereocenters. The molecule has 2 aliphatic carbocycles. The lowest BCUT2D eigenvalue weighted by molar-refractivity contribution is 0.353. The molecule has 1 saturated carbocycles. The molecular formula is C48H35NS. The first-order valence-corrected chi connectivity index (χ1v) is 18.9. The lowest BCUT2D eigenvalue weighted by Gasteiger charge is -2.36. The second kappa shape index (κ2) is 10.8. The molecule has 7 aromatic carbocycles. The van der Waals surface area contributed by atoms with Crippen LogP contribution in [0.4, 0.5) is 0 Å². The molecule has 0 bridgehead atoms. The zero-order valence-corrected chi connectivity index (χ0v) is 28.6. The number of nitrogens with zero attached hydrogens (tertiary/aromatic N) is 1. The summed E-state index contributed by atoms with van der Waals surface area (Å²) in [5.74, 6) is 0. The van der Waals surface area contributed by atoms with Crippen molar-refractivity contribution in [2.24, 2.45) is 0 Å².